The van der Waals surface area contributed by atoms with Gasteiger partial charge in [0, 0.05) is 22.0 Å². The Kier molecular flexibility index (Phi) is 8.05. The van der Waals surface area contributed by atoms with Crippen LogP contribution in [0.2, 0.25) is 5.02 Å². The molecule has 142 valence electrons. The van der Waals surface area contributed by atoms with E-state index in [1.54, 1.807) is 13.0 Å². The maximum atomic E-state index is 12.2. The highest BCUT2D eigenvalue weighted by atomic mass is 35.5. The molecule has 0 saturated carbocycles. The van der Waals surface area contributed by atoms with Crippen LogP contribution in [0.1, 0.15) is 20.3 Å². The van der Waals surface area contributed by atoms with Gasteiger partial charge in [0.25, 0.3) is 0 Å². The second kappa shape index (κ2) is 9.54. The molecule has 0 fully saturated rings. The van der Waals surface area contributed by atoms with Crippen molar-refractivity contribution in [3.05, 3.63) is 57.9 Å². The first-order valence-electron chi connectivity index (χ1n) is 7.41. The van der Waals surface area contributed by atoms with E-state index in [9.17, 15) is 13.2 Å². The van der Waals surface area contributed by atoms with E-state index in [0.29, 0.717) is 34.1 Å². The van der Waals surface area contributed by atoms with Gasteiger partial charge in [0.15, 0.2) is 0 Å². The van der Waals surface area contributed by atoms with Crippen LogP contribution in [0.3, 0.4) is 0 Å². The summed E-state index contributed by atoms with van der Waals surface area (Å²) in [7, 11) is 0. The fourth-order valence-corrected chi connectivity index (χ4v) is 2.24. The predicted octanol–water partition coefficient (Wildman–Crippen LogP) is 5.96. The number of nitrogens with two attached hydrogens (primary N) is 1. The van der Waals surface area contributed by atoms with E-state index < -0.39 is 12.1 Å². The van der Waals surface area contributed by atoms with Crippen LogP contribution in [0.15, 0.2) is 57.8 Å². The summed E-state index contributed by atoms with van der Waals surface area (Å²) in [6.07, 6.45) is -1.41. The van der Waals surface area contributed by atoms with E-state index in [4.69, 9.17) is 28.9 Å². The summed E-state index contributed by atoms with van der Waals surface area (Å²) in [4.78, 5) is 4.24. The second-order valence-corrected chi connectivity index (χ2v) is 5.87. The summed E-state index contributed by atoms with van der Waals surface area (Å²) in [5.74, 6) is -0.494. The molecule has 26 heavy (non-hydrogen) atoms. The molecular formula is C17H18Cl2F3N3O. The van der Waals surface area contributed by atoms with Crippen LogP contribution < -0.4 is 15.8 Å². The number of nitrogens with zero attached hydrogens (tertiary/aromatic N) is 1. The molecule has 0 atom stereocenters. The maximum Gasteiger partial charge on any atom is 0.573 e. The Morgan fingerprint density at radius 3 is 2.54 bits per heavy atom. The van der Waals surface area contributed by atoms with Crippen molar-refractivity contribution in [2.24, 2.45) is 10.7 Å². The molecule has 0 aliphatic heterocycles. The topological polar surface area (TPSA) is 59.6 Å². The summed E-state index contributed by atoms with van der Waals surface area (Å²) in [6.45, 7) is 7.24. The molecule has 0 spiro atoms. The van der Waals surface area contributed by atoms with Crippen molar-refractivity contribution >= 4 is 35.2 Å². The van der Waals surface area contributed by atoms with Gasteiger partial charge in [0.1, 0.15) is 5.75 Å². The number of allylic oxidation sites excluding steroid dienone is 3. The second-order valence-electron chi connectivity index (χ2n) is 5.00. The zero-order chi connectivity index (χ0) is 19.9. The molecule has 1 aromatic rings. The molecule has 0 heterocycles. The molecule has 1 rings (SSSR count). The van der Waals surface area contributed by atoms with Crippen molar-refractivity contribution in [3.8, 4) is 5.75 Å². The molecule has 1 aromatic carbocycles. The molecule has 0 aliphatic rings. The van der Waals surface area contributed by atoms with Crippen molar-refractivity contribution < 1.29 is 17.9 Å². The smallest absolute Gasteiger partial charge is 0.404 e. The van der Waals surface area contributed by atoms with Crippen LogP contribution >= 0.6 is 23.2 Å². The number of anilines is 1. The van der Waals surface area contributed by atoms with Crippen LogP contribution in [0.4, 0.5) is 18.9 Å². The normalized spacial score (nSPS) is 14.0. The molecule has 4 nitrogen and oxygen atoms in total. The number of nitrogens with one attached hydrogen (secondary N) is 1. The Hall–Kier alpha value is -2.12. The first kappa shape index (κ1) is 21.9. The van der Waals surface area contributed by atoms with Crippen LogP contribution in [0.5, 0.6) is 5.75 Å². The van der Waals surface area contributed by atoms with Crippen molar-refractivity contribution in [2.45, 2.75) is 26.6 Å². The Morgan fingerprint density at radius 2 is 2.08 bits per heavy atom. The van der Waals surface area contributed by atoms with Crippen molar-refractivity contribution in [1.29, 1.82) is 0 Å². The monoisotopic (exact) mass is 407 g/mol. The molecule has 0 bridgehead atoms. The molecular weight excluding hydrogens is 390 g/mol. The molecule has 0 saturated heterocycles. The van der Waals surface area contributed by atoms with Gasteiger partial charge in [-0.2, -0.15) is 0 Å². The molecule has 0 radical (unpaired) electrons. The van der Waals surface area contributed by atoms with Crippen molar-refractivity contribution in [2.75, 3.05) is 5.32 Å². The van der Waals surface area contributed by atoms with Gasteiger partial charge in [-0.15, -0.1) is 13.2 Å². The highest BCUT2D eigenvalue weighted by Crippen LogP contribution is 2.32. The van der Waals surface area contributed by atoms with E-state index in [2.05, 4.69) is 21.6 Å². The zero-order valence-corrected chi connectivity index (χ0v) is 15.6. The molecule has 0 aliphatic carbocycles. The molecule has 3 N–H and O–H groups in total. The first-order valence-corrected chi connectivity index (χ1v) is 8.16. The van der Waals surface area contributed by atoms with Gasteiger partial charge in [-0.05, 0) is 31.5 Å². The summed E-state index contributed by atoms with van der Waals surface area (Å²) < 4.78 is 40.5. The van der Waals surface area contributed by atoms with Gasteiger partial charge in [0.05, 0.1) is 17.1 Å². The molecule has 0 unspecified atom stereocenters. The van der Waals surface area contributed by atoms with E-state index >= 15 is 0 Å². The van der Waals surface area contributed by atoms with Gasteiger partial charge in [-0.1, -0.05) is 42.8 Å². The largest absolute Gasteiger partial charge is 0.573 e. The standard InChI is InChI=1S/C17H18Cl2F3N3O/c1-4-12(10(3)23)16(13(18)5-2)25-9-24-11-6-7-15(14(19)8-11)26-17(20,21)22/h4,6-9H,1,5,23H2,2-3H3,(H,24,25)/b12-10?,16-13-. The number of rotatable bonds is 7. The number of hydrogen-bond donors (Lipinski definition) is 2. The highest BCUT2D eigenvalue weighted by molar-refractivity contribution is 6.32. The van der Waals surface area contributed by atoms with Crippen LogP contribution in [0.25, 0.3) is 0 Å². The lowest BCUT2D eigenvalue weighted by atomic mass is 10.1. The molecule has 9 heteroatoms. The highest BCUT2D eigenvalue weighted by Gasteiger charge is 2.32. The van der Waals surface area contributed by atoms with Crippen LogP contribution in [-0.2, 0) is 0 Å². The van der Waals surface area contributed by atoms with E-state index in [-0.39, 0.29) is 5.02 Å². The number of alkyl halides is 3. The fraction of sp³-hybridized carbons (Fsp3) is 0.235. The van der Waals surface area contributed by atoms with E-state index in [0.717, 1.165) is 6.07 Å². The minimum Gasteiger partial charge on any atom is -0.404 e. The summed E-state index contributed by atoms with van der Waals surface area (Å²) in [5.41, 5.74) is 7.74. The lowest BCUT2D eigenvalue weighted by molar-refractivity contribution is -0.274. The van der Waals surface area contributed by atoms with Crippen molar-refractivity contribution in [3.63, 3.8) is 0 Å². The van der Waals surface area contributed by atoms with Crippen molar-refractivity contribution in [1.82, 2.24) is 0 Å². The van der Waals surface area contributed by atoms with E-state index in [1.807, 2.05) is 6.92 Å². The van der Waals surface area contributed by atoms with Crippen LogP contribution in [0, 0.1) is 0 Å². The van der Waals surface area contributed by atoms with Gasteiger partial charge in [-0.25, -0.2) is 4.99 Å². The third-order valence-corrected chi connectivity index (χ3v) is 3.78. The van der Waals surface area contributed by atoms with Gasteiger partial charge >= 0.3 is 6.36 Å². The van der Waals surface area contributed by atoms with Crippen LogP contribution in [-0.4, -0.2) is 12.7 Å². The number of ether oxygens (including phenoxy) is 1. The van der Waals surface area contributed by atoms with E-state index in [1.165, 1.54) is 18.5 Å². The van der Waals surface area contributed by atoms with Gasteiger partial charge in [0.2, 0.25) is 0 Å². The number of aliphatic imine (C=N–C) groups is 1. The Labute approximate surface area is 159 Å². The first-order chi connectivity index (χ1) is 12.1. The number of halogens is 5. The number of benzene rings is 1. The quantitative estimate of drug-likeness (QED) is 0.333. The number of hydrogen-bond acceptors (Lipinski definition) is 3. The lowest BCUT2D eigenvalue weighted by Gasteiger charge is -2.11. The summed E-state index contributed by atoms with van der Waals surface area (Å²) in [6, 6.07) is 3.74. The lowest BCUT2D eigenvalue weighted by Crippen LogP contribution is -2.17. The average Bonchev–Trinajstić information content (AvgIpc) is 2.54. The fourth-order valence-electron chi connectivity index (χ4n) is 1.87. The molecule has 0 aromatic heterocycles. The summed E-state index contributed by atoms with van der Waals surface area (Å²) >= 11 is 12.0. The van der Waals surface area contributed by atoms with Gasteiger partial charge < -0.3 is 15.8 Å². The minimum atomic E-state index is -4.82. The summed E-state index contributed by atoms with van der Waals surface area (Å²) in [5, 5.41) is 3.08. The SMILES string of the molecule is C=CC(=C(C)N)/C(N=CNc1ccc(OC(F)(F)F)c(Cl)c1)=C(/Cl)CC. The average molecular weight is 408 g/mol. The minimum absolute atomic E-state index is 0.201. The Morgan fingerprint density at radius 1 is 1.42 bits per heavy atom. The zero-order valence-electron chi connectivity index (χ0n) is 14.1. The Bertz CT molecular complexity index is 752. The Balaban J connectivity index is 3.01. The third kappa shape index (κ3) is 6.65. The van der Waals surface area contributed by atoms with Gasteiger partial charge in [-0.3, -0.25) is 0 Å². The predicted molar refractivity (Wildman–Crippen MR) is 101 cm³/mol. The third-order valence-electron chi connectivity index (χ3n) is 3.03. The maximum absolute atomic E-state index is 12.2. The molecule has 0 amide bonds.